The maximum atomic E-state index is 3.58. The smallest absolute Gasteiger partial charge is 0.0843 e. The van der Waals surface area contributed by atoms with Gasteiger partial charge in [-0.05, 0) is 68.4 Å². The highest BCUT2D eigenvalue weighted by atomic mass is 79.9. The SMILES string of the molecule is CNC(c1cccc(CC(C)C)c1)c1cc(Br)c(Br)s1. The Morgan fingerprint density at radius 3 is 2.50 bits per heavy atom. The van der Waals surface area contributed by atoms with Gasteiger partial charge in [-0.3, -0.25) is 0 Å². The van der Waals surface area contributed by atoms with Crippen LogP contribution in [0, 0.1) is 5.92 Å². The highest BCUT2D eigenvalue weighted by Crippen LogP contribution is 2.37. The Labute approximate surface area is 142 Å². The summed E-state index contributed by atoms with van der Waals surface area (Å²) in [6.45, 7) is 4.52. The summed E-state index contributed by atoms with van der Waals surface area (Å²) in [5.41, 5.74) is 2.74. The molecule has 0 aliphatic carbocycles. The molecule has 0 saturated heterocycles. The summed E-state index contributed by atoms with van der Waals surface area (Å²) in [4.78, 5) is 1.31. The minimum absolute atomic E-state index is 0.245. The van der Waals surface area contributed by atoms with E-state index in [0.29, 0.717) is 5.92 Å². The van der Waals surface area contributed by atoms with Gasteiger partial charge in [0.05, 0.1) is 9.83 Å². The zero-order valence-electron chi connectivity index (χ0n) is 11.9. The van der Waals surface area contributed by atoms with E-state index < -0.39 is 0 Å². The van der Waals surface area contributed by atoms with E-state index in [1.807, 2.05) is 7.05 Å². The summed E-state index contributed by atoms with van der Waals surface area (Å²) >= 11 is 8.92. The summed E-state index contributed by atoms with van der Waals surface area (Å²) in [7, 11) is 2.02. The van der Waals surface area contributed by atoms with Crippen molar-refractivity contribution in [3.63, 3.8) is 0 Å². The molecule has 1 nitrogen and oxygen atoms in total. The fourth-order valence-corrected chi connectivity index (χ4v) is 4.58. The number of halogens is 2. The van der Waals surface area contributed by atoms with Gasteiger partial charge >= 0.3 is 0 Å². The van der Waals surface area contributed by atoms with Gasteiger partial charge in [0.15, 0.2) is 0 Å². The third-order valence-electron chi connectivity index (χ3n) is 3.17. The van der Waals surface area contributed by atoms with E-state index in [9.17, 15) is 0 Å². The lowest BCUT2D eigenvalue weighted by atomic mass is 9.98. The average molecular weight is 417 g/mol. The molecule has 0 spiro atoms. The number of rotatable bonds is 5. The van der Waals surface area contributed by atoms with Crippen LogP contribution in [0.1, 0.15) is 35.9 Å². The van der Waals surface area contributed by atoms with Crippen molar-refractivity contribution in [3.05, 3.63) is 54.6 Å². The predicted octanol–water partition coefficient (Wildman–Crippen LogP) is 5.78. The van der Waals surface area contributed by atoms with E-state index in [2.05, 4.69) is 81.4 Å². The molecule has 0 fully saturated rings. The number of thiophene rings is 1. The molecule has 2 rings (SSSR count). The van der Waals surface area contributed by atoms with Crippen LogP contribution < -0.4 is 5.32 Å². The quantitative estimate of drug-likeness (QED) is 0.651. The summed E-state index contributed by atoms with van der Waals surface area (Å²) in [6.07, 6.45) is 1.13. The number of hydrogen-bond donors (Lipinski definition) is 1. The molecule has 1 unspecified atom stereocenters. The molecule has 1 aromatic carbocycles. The molecular formula is C16H19Br2NS. The molecule has 0 radical (unpaired) electrons. The van der Waals surface area contributed by atoms with E-state index >= 15 is 0 Å². The van der Waals surface area contributed by atoms with Gasteiger partial charge in [0.25, 0.3) is 0 Å². The van der Waals surface area contributed by atoms with Gasteiger partial charge in [-0.25, -0.2) is 0 Å². The Hall–Kier alpha value is -0.160. The molecule has 1 atom stereocenters. The Balaban J connectivity index is 2.31. The summed E-state index contributed by atoms with van der Waals surface area (Å²) in [5, 5.41) is 3.42. The van der Waals surface area contributed by atoms with Gasteiger partial charge in [0.1, 0.15) is 0 Å². The lowest BCUT2D eigenvalue weighted by Crippen LogP contribution is -2.16. The molecule has 4 heteroatoms. The molecule has 0 aliphatic rings. The first-order chi connectivity index (χ1) is 9.51. The predicted molar refractivity (Wildman–Crippen MR) is 95.6 cm³/mol. The maximum absolute atomic E-state index is 3.58. The lowest BCUT2D eigenvalue weighted by molar-refractivity contribution is 0.644. The van der Waals surface area contributed by atoms with Crippen molar-refractivity contribution in [1.82, 2.24) is 5.32 Å². The van der Waals surface area contributed by atoms with E-state index in [0.717, 1.165) is 14.7 Å². The first-order valence-corrected chi connectivity index (χ1v) is 9.12. The molecule has 0 aliphatic heterocycles. The minimum Gasteiger partial charge on any atom is -0.309 e. The van der Waals surface area contributed by atoms with Crippen molar-refractivity contribution in [2.75, 3.05) is 7.05 Å². The Morgan fingerprint density at radius 2 is 1.95 bits per heavy atom. The van der Waals surface area contributed by atoms with Crippen LogP contribution in [0.2, 0.25) is 0 Å². The van der Waals surface area contributed by atoms with Crippen LogP contribution in [0.4, 0.5) is 0 Å². The first-order valence-electron chi connectivity index (χ1n) is 6.72. The van der Waals surface area contributed by atoms with Gasteiger partial charge in [-0.1, -0.05) is 38.1 Å². The van der Waals surface area contributed by atoms with Gasteiger partial charge in [-0.15, -0.1) is 11.3 Å². The molecular weight excluding hydrogens is 398 g/mol. The highest BCUT2D eigenvalue weighted by molar-refractivity contribution is 9.13. The fourth-order valence-electron chi connectivity index (χ4n) is 2.35. The molecule has 1 N–H and O–H groups in total. The second-order valence-corrected chi connectivity index (χ2v) is 8.59. The van der Waals surface area contributed by atoms with Crippen LogP contribution >= 0.6 is 43.2 Å². The molecule has 1 aromatic heterocycles. The number of hydrogen-bond acceptors (Lipinski definition) is 2. The molecule has 0 bridgehead atoms. The molecule has 0 amide bonds. The van der Waals surface area contributed by atoms with Crippen molar-refractivity contribution in [2.45, 2.75) is 26.3 Å². The minimum atomic E-state index is 0.245. The Kier molecular flexibility index (Phi) is 5.84. The van der Waals surface area contributed by atoms with Crippen molar-refractivity contribution >= 4 is 43.2 Å². The Bertz CT molecular complexity index is 558. The van der Waals surface area contributed by atoms with E-state index in [-0.39, 0.29) is 6.04 Å². The monoisotopic (exact) mass is 415 g/mol. The summed E-state index contributed by atoms with van der Waals surface area (Å²) < 4.78 is 2.27. The third kappa shape index (κ3) is 3.94. The summed E-state index contributed by atoms with van der Waals surface area (Å²) in [5.74, 6) is 0.684. The van der Waals surface area contributed by atoms with E-state index in [1.165, 1.54) is 16.0 Å². The largest absolute Gasteiger partial charge is 0.309 e. The van der Waals surface area contributed by atoms with Gasteiger partial charge in [-0.2, -0.15) is 0 Å². The van der Waals surface area contributed by atoms with Gasteiger partial charge in [0.2, 0.25) is 0 Å². The van der Waals surface area contributed by atoms with Crippen LogP contribution in [-0.4, -0.2) is 7.05 Å². The fraction of sp³-hybridized carbons (Fsp3) is 0.375. The Morgan fingerprint density at radius 1 is 1.20 bits per heavy atom. The van der Waals surface area contributed by atoms with E-state index in [4.69, 9.17) is 0 Å². The zero-order chi connectivity index (χ0) is 14.7. The van der Waals surface area contributed by atoms with Crippen molar-refractivity contribution in [1.29, 1.82) is 0 Å². The second-order valence-electron chi connectivity index (χ2n) is 5.34. The summed E-state index contributed by atoms with van der Waals surface area (Å²) in [6, 6.07) is 11.3. The number of nitrogens with one attached hydrogen (secondary N) is 1. The van der Waals surface area contributed by atoms with Crippen molar-refractivity contribution in [2.24, 2.45) is 5.92 Å². The van der Waals surface area contributed by atoms with Crippen molar-refractivity contribution < 1.29 is 0 Å². The molecule has 108 valence electrons. The second kappa shape index (κ2) is 7.21. The van der Waals surface area contributed by atoms with Crippen LogP contribution in [0.15, 0.2) is 38.6 Å². The zero-order valence-corrected chi connectivity index (χ0v) is 15.9. The van der Waals surface area contributed by atoms with Crippen LogP contribution in [0.25, 0.3) is 0 Å². The van der Waals surface area contributed by atoms with Gasteiger partial charge in [0, 0.05) is 9.35 Å². The lowest BCUT2D eigenvalue weighted by Gasteiger charge is -2.16. The van der Waals surface area contributed by atoms with Gasteiger partial charge < -0.3 is 5.32 Å². The molecule has 2 aromatic rings. The molecule has 0 saturated carbocycles. The standard InChI is InChI=1S/C16H19Br2NS/c1-10(2)7-11-5-4-6-12(8-11)15(19-3)14-9-13(17)16(18)20-14/h4-6,8-10,15,19H,7H2,1-3H3. The average Bonchev–Trinajstić information content (AvgIpc) is 2.70. The van der Waals surface area contributed by atoms with Crippen molar-refractivity contribution in [3.8, 4) is 0 Å². The van der Waals surface area contributed by atoms with Crippen LogP contribution in [0.5, 0.6) is 0 Å². The van der Waals surface area contributed by atoms with E-state index in [1.54, 1.807) is 11.3 Å². The third-order valence-corrected chi connectivity index (χ3v) is 6.49. The van der Waals surface area contributed by atoms with Crippen LogP contribution in [0.3, 0.4) is 0 Å². The molecule has 20 heavy (non-hydrogen) atoms. The normalized spacial score (nSPS) is 12.9. The van der Waals surface area contributed by atoms with Crippen LogP contribution in [-0.2, 0) is 6.42 Å². The number of benzene rings is 1. The highest BCUT2D eigenvalue weighted by Gasteiger charge is 2.16. The first kappa shape index (κ1) is 16.2. The molecule has 1 heterocycles. The maximum Gasteiger partial charge on any atom is 0.0843 e. The topological polar surface area (TPSA) is 12.0 Å².